The molecular weight excluding hydrogens is 245 g/mol. The van der Waals surface area contributed by atoms with Crippen molar-refractivity contribution in [3.63, 3.8) is 0 Å². The zero-order chi connectivity index (χ0) is 14.3. The van der Waals surface area contributed by atoms with Crippen molar-refractivity contribution in [3.05, 3.63) is 29.6 Å². The first-order chi connectivity index (χ1) is 9.04. The van der Waals surface area contributed by atoms with Crippen LogP contribution in [-0.2, 0) is 0 Å². The van der Waals surface area contributed by atoms with Crippen molar-refractivity contribution in [1.29, 1.82) is 0 Å². The van der Waals surface area contributed by atoms with Gasteiger partial charge in [-0.05, 0) is 25.5 Å². The number of aromatic hydroxyl groups is 1. The van der Waals surface area contributed by atoms with E-state index in [0.717, 1.165) is 18.9 Å². The number of carbonyl (C=O) groups excluding carboxylic acids is 1. The van der Waals surface area contributed by atoms with Gasteiger partial charge in [0.15, 0.2) is 0 Å². The van der Waals surface area contributed by atoms with Crippen LogP contribution in [0.25, 0.3) is 0 Å². The third-order valence-corrected chi connectivity index (χ3v) is 3.07. The zero-order valence-electron chi connectivity index (χ0n) is 11.6. The normalized spacial score (nSPS) is 12.2. The molecule has 19 heavy (non-hydrogen) atoms. The van der Waals surface area contributed by atoms with Crippen LogP contribution in [-0.4, -0.2) is 17.1 Å². The van der Waals surface area contributed by atoms with Crippen LogP contribution in [0, 0.1) is 5.82 Å². The Balaban J connectivity index is 2.45. The lowest BCUT2D eigenvalue weighted by Crippen LogP contribution is -2.32. The summed E-state index contributed by atoms with van der Waals surface area (Å²) in [7, 11) is 0. The molecule has 4 heteroatoms. The summed E-state index contributed by atoms with van der Waals surface area (Å²) >= 11 is 0. The molecule has 0 aliphatic carbocycles. The molecule has 1 rings (SSSR count). The number of halogens is 1. The summed E-state index contributed by atoms with van der Waals surface area (Å²) < 4.78 is 12.8. The Morgan fingerprint density at radius 3 is 2.74 bits per heavy atom. The van der Waals surface area contributed by atoms with Crippen molar-refractivity contribution in [3.8, 4) is 5.75 Å². The second kappa shape index (κ2) is 7.77. The highest BCUT2D eigenvalue weighted by Gasteiger charge is 2.13. The molecule has 0 saturated carbocycles. The molecule has 1 unspecified atom stereocenters. The Kier molecular flexibility index (Phi) is 6.33. The monoisotopic (exact) mass is 267 g/mol. The van der Waals surface area contributed by atoms with E-state index in [1.165, 1.54) is 31.4 Å². The SMILES string of the molecule is CCCCCCC(C)NC(=O)c1ccc(F)cc1O. The molecule has 0 saturated heterocycles. The molecule has 0 bridgehead atoms. The number of rotatable bonds is 7. The number of benzene rings is 1. The highest BCUT2D eigenvalue weighted by atomic mass is 19.1. The molecule has 106 valence electrons. The molecule has 2 N–H and O–H groups in total. The second-order valence-electron chi connectivity index (χ2n) is 4.89. The van der Waals surface area contributed by atoms with E-state index in [-0.39, 0.29) is 23.3 Å². The van der Waals surface area contributed by atoms with Crippen LogP contribution in [0.4, 0.5) is 4.39 Å². The van der Waals surface area contributed by atoms with Gasteiger partial charge in [0.2, 0.25) is 0 Å². The van der Waals surface area contributed by atoms with Crippen molar-refractivity contribution in [2.75, 3.05) is 0 Å². The van der Waals surface area contributed by atoms with Crippen LogP contribution >= 0.6 is 0 Å². The fourth-order valence-corrected chi connectivity index (χ4v) is 1.95. The van der Waals surface area contributed by atoms with Gasteiger partial charge in [0.05, 0.1) is 5.56 Å². The van der Waals surface area contributed by atoms with E-state index < -0.39 is 5.82 Å². The molecule has 1 amide bonds. The smallest absolute Gasteiger partial charge is 0.255 e. The topological polar surface area (TPSA) is 49.3 Å². The third kappa shape index (κ3) is 5.28. The molecule has 0 spiro atoms. The second-order valence-corrected chi connectivity index (χ2v) is 4.89. The lowest BCUT2D eigenvalue weighted by Gasteiger charge is -2.14. The summed E-state index contributed by atoms with van der Waals surface area (Å²) in [6.07, 6.45) is 5.54. The lowest BCUT2D eigenvalue weighted by atomic mass is 10.1. The molecule has 0 aliphatic rings. The van der Waals surface area contributed by atoms with Crippen molar-refractivity contribution < 1.29 is 14.3 Å². The maximum atomic E-state index is 12.8. The Bertz CT molecular complexity index is 421. The Hall–Kier alpha value is -1.58. The Labute approximate surface area is 113 Å². The van der Waals surface area contributed by atoms with Crippen molar-refractivity contribution >= 4 is 5.91 Å². The van der Waals surface area contributed by atoms with Gasteiger partial charge in [0.25, 0.3) is 5.91 Å². The Morgan fingerprint density at radius 2 is 2.11 bits per heavy atom. The number of phenolic OH excluding ortho intramolecular Hbond substituents is 1. The average Bonchev–Trinajstić information content (AvgIpc) is 2.34. The molecule has 0 heterocycles. The summed E-state index contributed by atoms with van der Waals surface area (Å²) in [5, 5.41) is 12.3. The molecule has 0 aromatic heterocycles. The van der Waals surface area contributed by atoms with Gasteiger partial charge in [0, 0.05) is 12.1 Å². The first-order valence-corrected chi connectivity index (χ1v) is 6.84. The van der Waals surface area contributed by atoms with Gasteiger partial charge in [-0.2, -0.15) is 0 Å². The summed E-state index contributed by atoms with van der Waals surface area (Å²) in [5.74, 6) is -1.24. The highest BCUT2D eigenvalue weighted by molar-refractivity contribution is 5.96. The quantitative estimate of drug-likeness (QED) is 0.741. The van der Waals surface area contributed by atoms with E-state index >= 15 is 0 Å². The van der Waals surface area contributed by atoms with Crippen LogP contribution in [0.3, 0.4) is 0 Å². The van der Waals surface area contributed by atoms with E-state index in [9.17, 15) is 14.3 Å². The highest BCUT2D eigenvalue weighted by Crippen LogP contribution is 2.18. The van der Waals surface area contributed by atoms with Gasteiger partial charge in [-0.15, -0.1) is 0 Å². The van der Waals surface area contributed by atoms with Crippen molar-refractivity contribution in [2.24, 2.45) is 0 Å². The number of hydrogen-bond donors (Lipinski definition) is 2. The maximum absolute atomic E-state index is 12.8. The molecule has 1 aromatic rings. The number of nitrogens with one attached hydrogen (secondary N) is 1. The van der Waals surface area contributed by atoms with E-state index in [1.54, 1.807) is 0 Å². The van der Waals surface area contributed by atoms with Gasteiger partial charge >= 0.3 is 0 Å². The molecule has 0 radical (unpaired) electrons. The third-order valence-electron chi connectivity index (χ3n) is 3.07. The number of carbonyl (C=O) groups is 1. The van der Waals surface area contributed by atoms with Crippen LogP contribution < -0.4 is 5.32 Å². The standard InChI is InChI=1S/C15H22FNO2/c1-3-4-5-6-7-11(2)17-15(19)13-9-8-12(16)10-14(13)18/h8-11,18H,3-7H2,1-2H3,(H,17,19). The minimum absolute atomic E-state index is 0.0498. The first-order valence-electron chi connectivity index (χ1n) is 6.84. The number of phenols is 1. The fourth-order valence-electron chi connectivity index (χ4n) is 1.95. The summed E-state index contributed by atoms with van der Waals surface area (Å²) in [4.78, 5) is 11.9. The lowest BCUT2D eigenvalue weighted by molar-refractivity contribution is 0.0935. The van der Waals surface area contributed by atoms with E-state index in [1.807, 2.05) is 6.92 Å². The van der Waals surface area contributed by atoms with Gasteiger partial charge < -0.3 is 10.4 Å². The van der Waals surface area contributed by atoms with Crippen molar-refractivity contribution in [1.82, 2.24) is 5.32 Å². The summed E-state index contributed by atoms with van der Waals surface area (Å²) in [6.45, 7) is 4.09. The first kappa shape index (κ1) is 15.5. The van der Waals surface area contributed by atoms with Crippen LogP contribution in [0.5, 0.6) is 5.75 Å². The molecule has 1 atom stereocenters. The predicted octanol–water partition coefficient (Wildman–Crippen LogP) is 3.62. The van der Waals surface area contributed by atoms with Gasteiger partial charge in [-0.3, -0.25) is 4.79 Å². The molecule has 0 fully saturated rings. The maximum Gasteiger partial charge on any atom is 0.255 e. The van der Waals surface area contributed by atoms with Crippen molar-refractivity contribution in [2.45, 2.75) is 52.0 Å². The largest absolute Gasteiger partial charge is 0.507 e. The molecule has 3 nitrogen and oxygen atoms in total. The number of unbranched alkanes of at least 4 members (excludes halogenated alkanes) is 3. The molecular formula is C15H22FNO2. The molecule has 0 aliphatic heterocycles. The zero-order valence-corrected chi connectivity index (χ0v) is 11.6. The number of amides is 1. The Morgan fingerprint density at radius 1 is 1.37 bits per heavy atom. The van der Waals surface area contributed by atoms with Gasteiger partial charge in [-0.25, -0.2) is 4.39 Å². The van der Waals surface area contributed by atoms with E-state index in [2.05, 4.69) is 12.2 Å². The fraction of sp³-hybridized carbons (Fsp3) is 0.533. The average molecular weight is 267 g/mol. The molecule has 1 aromatic carbocycles. The predicted molar refractivity (Wildman–Crippen MR) is 73.8 cm³/mol. The summed E-state index contributed by atoms with van der Waals surface area (Å²) in [6, 6.07) is 3.46. The van der Waals surface area contributed by atoms with Gasteiger partial charge in [-0.1, -0.05) is 32.6 Å². The minimum atomic E-state index is -0.554. The number of hydrogen-bond acceptors (Lipinski definition) is 2. The van der Waals surface area contributed by atoms with Crippen LogP contribution in [0.1, 0.15) is 56.3 Å². The van der Waals surface area contributed by atoms with E-state index in [4.69, 9.17) is 0 Å². The minimum Gasteiger partial charge on any atom is -0.507 e. The van der Waals surface area contributed by atoms with Gasteiger partial charge in [0.1, 0.15) is 11.6 Å². The summed E-state index contributed by atoms with van der Waals surface area (Å²) in [5.41, 5.74) is 0.113. The van der Waals surface area contributed by atoms with E-state index in [0.29, 0.717) is 0 Å². The van der Waals surface area contributed by atoms with Crippen LogP contribution in [0.15, 0.2) is 18.2 Å². The van der Waals surface area contributed by atoms with Crippen LogP contribution in [0.2, 0.25) is 0 Å².